The molecule has 0 aromatic heterocycles. The number of amides is 4. The average Bonchev–Trinajstić information content (AvgIpc) is 3.43. The molecule has 86 heavy (non-hydrogen) atoms. The molecule has 0 radical (unpaired) electrons. The molecule has 0 aliphatic heterocycles. The van der Waals surface area contributed by atoms with Crippen molar-refractivity contribution in [2.45, 2.75) is 196 Å². The van der Waals surface area contributed by atoms with Crippen LogP contribution >= 0.6 is 0 Å². The first-order valence-electron chi connectivity index (χ1n) is 27.6. The van der Waals surface area contributed by atoms with Gasteiger partial charge in [0, 0.05) is 25.7 Å². The van der Waals surface area contributed by atoms with Crippen LogP contribution in [0, 0.1) is 11.8 Å². The highest BCUT2D eigenvalue weighted by molar-refractivity contribution is 6.28. The molecule has 0 unspecified atom stereocenters. The first-order chi connectivity index (χ1) is 39.7. The molecular weight excluding hydrogens is 1120 g/mol. The second-order valence-corrected chi connectivity index (χ2v) is 19.3. The van der Waals surface area contributed by atoms with Crippen molar-refractivity contribution in [2.75, 3.05) is 32.8 Å². The van der Waals surface area contributed by atoms with Crippen LogP contribution < -0.4 is 58.2 Å². The van der Waals surface area contributed by atoms with Crippen LogP contribution in [0.1, 0.15) is 148 Å². The van der Waals surface area contributed by atoms with Gasteiger partial charge in [0.1, 0.15) is 24.2 Å². The predicted molar refractivity (Wildman–Crippen MR) is 331 cm³/mol. The minimum Gasteiger partial charge on any atom is -0.480 e. The third-order valence-electron chi connectivity index (χ3n) is 10.9. The van der Waals surface area contributed by atoms with Crippen molar-refractivity contribution < 1.29 is 82.0 Å². The molecule has 0 rings (SSSR count). The number of carboxylic acid groups (broad SMARTS) is 2. The summed E-state index contributed by atoms with van der Waals surface area (Å²) in [7, 11) is 0. The lowest BCUT2D eigenvalue weighted by Crippen LogP contribution is -2.49. The van der Waals surface area contributed by atoms with E-state index in [-0.39, 0.29) is 101 Å². The first kappa shape index (κ1) is 89.2. The fourth-order valence-electron chi connectivity index (χ4n) is 6.34. The van der Waals surface area contributed by atoms with E-state index in [4.69, 9.17) is 48.2 Å². The minimum absolute atomic E-state index is 0. The molecule has 0 spiro atoms. The van der Waals surface area contributed by atoms with Crippen molar-refractivity contribution >= 4 is 116 Å². The summed E-state index contributed by atoms with van der Waals surface area (Å²) < 4.78 is 19.7. The molecule has 0 heterocycles. The van der Waals surface area contributed by atoms with Gasteiger partial charge in [0.05, 0.1) is 37.4 Å². The number of aliphatic carboxylic acids is 2. The third-order valence-corrected chi connectivity index (χ3v) is 10.9. The Morgan fingerprint density at radius 1 is 0.477 bits per heavy atom. The number of nitrogens with two attached hydrogens (primary N) is 4. The van der Waals surface area contributed by atoms with Crippen LogP contribution in [-0.4, -0.2) is 217 Å². The fraction of sp³-hybridized carbons (Fsp3) is 0.661. The molecule has 0 saturated heterocycles. The summed E-state index contributed by atoms with van der Waals surface area (Å²) >= 11 is 0. The number of rotatable bonds is 37. The van der Waals surface area contributed by atoms with E-state index < -0.39 is 102 Å². The van der Waals surface area contributed by atoms with E-state index in [0.717, 1.165) is 18.6 Å². The molecule has 8 atom stereocenters. The van der Waals surface area contributed by atoms with Crippen molar-refractivity contribution in [3.8, 4) is 0 Å². The van der Waals surface area contributed by atoms with Crippen LogP contribution in [0.5, 0.6) is 0 Å². The lowest BCUT2D eigenvalue weighted by molar-refractivity contribution is -0.148. The van der Waals surface area contributed by atoms with Crippen molar-refractivity contribution in [3.63, 3.8) is 0 Å². The highest BCUT2D eigenvalue weighted by Crippen LogP contribution is 2.08. The van der Waals surface area contributed by atoms with E-state index in [2.05, 4.69) is 85.9 Å². The van der Waals surface area contributed by atoms with Crippen molar-refractivity contribution in [3.05, 3.63) is 5.53 Å². The fourth-order valence-corrected chi connectivity index (χ4v) is 6.34. The number of hydrogen-bond donors (Lipinski definition) is 10. The SMILES string of the molecule is C.C=[N+]=CC(=O)CC[C@H](NC(=O)[C@@H](N)CC(C)C)C(=O)O.C=[N+]=CC(=O)CC[C@H](NC(=O)[C@@H](N)CC(C)C)C(=O)OCC.C=[N+]=CC(=O)CC[C@H](NC(=O)[C@H](C)N)C(=O)OCC.CCN(CC)CC.C[C@H](N)C(=O)N[C@@H](CCC(=O)C=[N+]=[N-])C(=O)O. The summed E-state index contributed by atoms with van der Waals surface area (Å²) in [5.41, 5.74) is 30.2. The molecule has 0 aromatic carbocycles. The van der Waals surface area contributed by atoms with E-state index in [1.54, 1.807) is 13.8 Å². The maximum Gasteiger partial charge on any atom is 0.334 e. The minimum atomic E-state index is -1.26. The van der Waals surface area contributed by atoms with Crippen molar-refractivity contribution in [1.29, 1.82) is 0 Å². The number of carbonyl (C=O) groups is 12. The lowest BCUT2D eigenvalue weighted by atomic mass is 10.0. The van der Waals surface area contributed by atoms with Gasteiger partial charge in [-0.2, -0.15) is 4.79 Å². The molecule has 30 heteroatoms. The Hall–Kier alpha value is -8.03. The van der Waals surface area contributed by atoms with E-state index >= 15 is 0 Å². The largest absolute Gasteiger partial charge is 0.480 e. The maximum absolute atomic E-state index is 12.0. The van der Waals surface area contributed by atoms with Gasteiger partial charge in [0.25, 0.3) is 20.2 Å². The topological polar surface area (TPSA) is 498 Å². The molecule has 0 aromatic rings. The number of hydrogen-bond acceptors (Lipinski definition) is 19. The maximum atomic E-state index is 12.0. The second kappa shape index (κ2) is 54.9. The van der Waals surface area contributed by atoms with Gasteiger partial charge in [-0.25, -0.2) is 19.2 Å². The molecule has 0 saturated carbocycles. The molecule has 0 fully saturated rings. The number of esters is 2. The number of ketones is 4. The number of carboxylic acids is 2. The predicted octanol–water partition coefficient (Wildman–Crippen LogP) is -2.18. The van der Waals surface area contributed by atoms with Crippen LogP contribution in [0.3, 0.4) is 0 Å². The van der Waals surface area contributed by atoms with Gasteiger partial charge in [-0.15, -0.1) is 14.0 Å². The van der Waals surface area contributed by atoms with Gasteiger partial charge >= 0.3 is 48.7 Å². The summed E-state index contributed by atoms with van der Waals surface area (Å²) in [6.45, 7) is 34.0. The quantitative estimate of drug-likeness (QED) is 0.0137. The van der Waals surface area contributed by atoms with Crippen molar-refractivity contribution in [2.24, 2.45) is 34.8 Å². The third kappa shape index (κ3) is 50.5. The molecule has 488 valence electrons. The second-order valence-electron chi connectivity index (χ2n) is 19.3. The zero-order valence-corrected chi connectivity index (χ0v) is 51.4. The summed E-state index contributed by atoms with van der Waals surface area (Å²) in [4.78, 5) is 141. The Kier molecular flexibility index (Phi) is 56.9. The van der Waals surface area contributed by atoms with E-state index in [9.17, 15) is 57.5 Å². The van der Waals surface area contributed by atoms with E-state index in [1.165, 1.54) is 33.5 Å². The summed E-state index contributed by atoms with van der Waals surface area (Å²) in [5, 5.41) is 27.3. The number of nitrogens with zero attached hydrogens (tertiary/aromatic N) is 6. The Morgan fingerprint density at radius 3 is 0.953 bits per heavy atom. The molecule has 0 aliphatic carbocycles. The van der Waals surface area contributed by atoms with Crippen LogP contribution in [0.2, 0.25) is 0 Å². The Morgan fingerprint density at radius 2 is 0.733 bits per heavy atom. The molecule has 4 amide bonds. The Bertz CT molecular complexity index is 2310. The van der Waals surface area contributed by atoms with Gasteiger partial charge in [0.15, 0.2) is 0 Å². The van der Waals surface area contributed by atoms with E-state index in [0.29, 0.717) is 19.1 Å². The highest BCUT2D eigenvalue weighted by Gasteiger charge is 2.28. The lowest BCUT2D eigenvalue weighted by Gasteiger charge is -2.20. The van der Waals surface area contributed by atoms with Crippen LogP contribution in [0.4, 0.5) is 0 Å². The van der Waals surface area contributed by atoms with Crippen LogP contribution in [0.25, 0.3) is 5.53 Å². The number of Topliss-reactive ketones (excluding diaryl/α,β-unsaturated/α-hetero) is 4. The van der Waals surface area contributed by atoms with Gasteiger partial charge in [-0.1, -0.05) is 55.9 Å². The highest BCUT2D eigenvalue weighted by atomic mass is 16.5. The molecular formula is C56H101N14O16+3. The van der Waals surface area contributed by atoms with Gasteiger partial charge < -0.3 is 74.3 Å². The zero-order chi connectivity index (χ0) is 66.8. The molecule has 0 bridgehead atoms. The van der Waals surface area contributed by atoms with E-state index in [1.807, 2.05) is 27.7 Å². The summed E-state index contributed by atoms with van der Waals surface area (Å²) in [6, 6.07) is -7.13. The molecule has 30 nitrogen and oxygen atoms in total. The van der Waals surface area contributed by atoms with Crippen LogP contribution in [0.15, 0.2) is 0 Å². The van der Waals surface area contributed by atoms with Crippen LogP contribution in [-0.2, 0) is 67.0 Å². The number of ether oxygens (including phenoxy) is 2. The number of nitrogens with one attached hydrogen (secondary N) is 4. The monoisotopic (exact) mass is 1230 g/mol. The smallest absolute Gasteiger partial charge is 0.334 e. The Balaban J connectivity index is -0.000000238. The van der Waals surface area contributed by atoms with Gasteiger partial charge in [0.2, 0.25) is 46.8 Å². The molecule has 0 aliphatic rings. The molecule has 14 N–H and O–H groups in total. The summed E-state index contributed by atoms with van der Waals surface area (Å²) in [6.07, 6.45) is 4.88. The first-order valence-corrected chi connectivity index (χ1v) is 27.6. The van der Waals surface area contributed by atoms with Gasteiger partial charge in [-0.05, 0) is 97.7 Å². The summed E-state index contributed by atoms with van der Waals surface area (Å²) in [5.74, 6) is -6.59. The zero-order valence-electron chi connectivity index (χ0n) is 51.4. The Labute approximate surface area is 505 Å². The number of carbonyl (C=O) groups excluding carboxylic acids is 10. The van der Waals surface area contributed by atoms with Crippen molar-refractivity contribution in [1.82, 2.24) is 40.2 Å². The normalized spacial score (nSPS) is 12.6. The average molecular weight is 1230 g/mol. The standard InChI is InChI=1S/C15H25N3O4.C13H21N3O4.C12H19N3O4.C9H14N4O4.C6H15N.CH4/c1-5-22-15(21)13(7-6-11(19)9-17-4)18-14(20)12(16)8-10(2)3;1-8(2)6-10(14)12(18)16-11(13(19)20)5-4-9(17)7-15-3;1-4-19-12(18)10(15-11(17)8(2)13)6-5-9(16)7-14-3;1-5(10)8(15)13-7(9(16)17)3-2-6(14)4-12-11;1-4-7(5-2)6-3;/h9-10,12-13H,4-8,16H2,1-3H3;7-8,10-11H,3-6,14H2,1-2H3,(H-,16,18,19,20);7-8,10H,3-6,13H2,1-2H3;4-5,7H,2-3,10H2,1H3,(H,13,15)(H,16,17);4-6H2,1-3H3;1H4/p+3/t12-,13-;10-,11-;8-,10-;5-,7-;;/m0000../s1. The van der Waals surface area contributed by atoms with Gasteiger partial charge in [-0.3, -0.25) is 38.4 Å².